The lowest BCUT2D eigenvalue weighted by atomic mass is 10.1. The van der Waals surface area contributed by atoms with E-state index in [1.807, 2.05) is 18.2 Å². The highest BCUT2D eigenvalue weighted by molar-refractivity contribution is 6.30. The molecule has 2 rings (SSSR count). The predicted octanol–water partition coefficient (Wildman–Crippen LogP) is 2.37. The van der Waals surface area contributed by atoms with Crippen molar-refractivity contribution in [1.82, 2.24) is 5.32 Å². The molecule has 0 aliphatic carbocycles. The third-order valence-electron chi connectivity index (χ3n) is 2.91. The molecule has 0 saturated carbocycles. The van der Waals surface area contributed by atoms with Gasteiger partial charge >= 0.3 is 0 Å². The molecule has 0 bridgehead atoms. The van der Waals surface area contributed by atoms with Crippen LogP contribution >= 0.6 is 11.6 Å². The molecule has 1 fully saturated rings. The first kappa shape index (κ1) is 11.6. The molecule has 0 aromatic heterocycles. The van der Waals surface area contributed by atoms with Crippen LogP contribution in [-0.4, -0.2) is 26.7 Å². The summed E-state index contributed by atoms with van der Waals surface area (Å²) in [4.78, 5) is 0. The number of anilines is 1. The van der Waals surface area contributed by atoms with Crippen molar-refractivity contribution in [3.05, 3.63) is 23.2 Å². The molecular weight excluding hydrogens is 224 g/mol. The fourth-order valence-corrected chi connectivity index (χ4v) is 2.13. The monoisotopic (exact) mass is 240 g/mol. The maximum Gasteiger partial charge on any atom is 0.142 e. The third kappa shape index (κ3) is 2.80. The van der Waals surface area contributed by atoms with Gasteiger partial charge in [0, 0.05) is 11.6 Å². The summed E-state index contributed by atoms with van der Waals surface area (Å²) < 4.78 is 5.28. The molecule has 0 amide bonds. The summed E-state index contributed by atoms with van der Waals surface area (Å²) in [6.07, 6.45) is 1.23. The van der Waals surface area contributed by atoms with Crippen molar-refractivity contribution in [2.45, 2.75) is 6.42 Å². The Balaban J connectivity index is 1.98. The fourth-order valence-electron chi connectivity index (χ4n) is 1.96. The molecule has 16 heavy (non-hydrogen) atoms. The lowest BCUT2D eigenvalue weighted by Gasteiger charge is -2.14. The average Bonchev–Trinajstić information content (AvgIpc) is 2.79. The lowest BCUT2D eigenvalue weighted by molar-refractivity contribution is 0.416. The number of hydrogen-bond donors (Lipinski definition) is 2. The SMILES string of the molecule is COc1ccc(Cl)cc1NCC1CCNC1. The Hall–Kier alpha value is -0.930. The van der Waals surface area contributed by atoms with Gasteiger partial charge in [-0.05, 0) is 43.6 Å². The van der Waals surface area contributed by atoms with Crippen molar-refractivity contribution < 1.29 is 4.74 Å². The minimum Gasteiger partial charge on any atom is -0.495 e. The van der Waals surface area contributed by atoms with Crippen LogP contribution in [-0.2, 0) is 0 Å². The second kappa shape index (κ2) is 5.41. The molecular formula is C12H17ClN2O. The minimum atomic E-state index is 0.698. The van der Waals surface area contributed by atoms with Crippen molar-refractivity contribution in [3.63, 3.8) is 0 Å². The van der Waals surface area contributed by atoms with Gasteiger partial charge in [0.1, 0.15) is 5.75 Å². The number of methoxy groups -OCH3 is 1. The van der Waals surface area contributed by atoms with Gasteiger partial charge in [0.15, 0.2) is 0 Å². The summed E-state index contributed by atoms with van der Waals surface area (Å²) in [7, 11) is 1.67. The van der Waals surface area contributed by atoms with E-state index in [9.17, 15) is 0 Å². The van der Waals surface area contributed by atoms with Crippen molar-refractivity contribution in [1.29, 1.82) is 0 Å². The second-order valence-corrected chi connectivity index (χ2v) is 4.52. The molecule has 0 spiro atoms. The molecule has 1 heterocycles. The first-order valence-corrected chi connectivity index (χ1v) is 5.95. The molecule has 0 radical (unpaired) electrons. The van der Waals surface area contributed by atoms with E-state index in [4.69, 9.17) is 16.3 Å². The minimum absolute atomic E-state index is 0.698. The smallest absolute Gasteiger partial charge is 0.142 e. The average molecular weight is 241 g/mol. The highest BCUT2D eigenvalue weighted by Gasteiger charge is 2.14. The first-order valence-electron chi connectivity index (χ1n) is 5.57. The van der Waals surface area contributed by atoms with Gasteiger partial charge in [-0.15, -0.1) is 0 Å². The van der Waals surface area contributed by atoms with Gasteiger partial charge in [-0.2, -0.15) is 0 Å². The van der Waals surface area contributed by atoms with Crippen molar-refractivity contribution in [3.8, 4) is 5.75 Å². The Bertz CT molecular complexity index is 351. The number of ether oxygens (including phenoxy) is 1. The van der Waals surface area contributed by atoms with Crippen molar-refractivity contribution >= 4 is 17.3 Å². The fraction of sp³-hybridized carbons (Fsp3) is 0.500. The van der Waals surface area contributed by atoms with Crippen LogP contribution in [0.25, 0.3) is 0 Å². The zero-order valence-electron chi connectivity index (χ0n) is 9.42. The largest absolute Gasteiger partial charge is 0.495 e. The molecule has 2 N–H and O–H groups in total. The quantitative estimate of drug-likeness (QED) is 0.848. The van der Waals surface area contributed by atoms with E-state index >= 15 is 0 Å². The number of halogens is 1. The van der Waals surface area contributed by atoms with Crippen LogP contribution in [0, 0.1) is 5.92 Å². The summed E-state index contributed by atoms with van der Waals surface area (Å²) in [5.41, 5.74) is 0.974. The summed E-state index contributed by atoms with van der Waals surface area (Å²) in [6, 6.07) is 5.63. The number of rotatable bonds is 4. The molecule has 88 valence electrons. The molecule has 1 aromatic carbocycles. The topological polar surface area (TPSA) is 33.3 Å². The van der Waals surface area contributed by atoms with E-state index in [-0.39, 0.29) is 0 Å². The molecule has 1 aliphatic rings. The molecule has 1 saturated heterocycles. The van der Waals surface area contributed by atoms with Gasteiger partial charge in [-0.1, -0.05) is 11.6 Å². The zero-order chi connectivity index (χ0) is 11.4. The summed E-state index contributed by atoms with van der Waals surface area (Å²) in [6.45, 7) is 3.18. The Morgan fingerprint density at radius 1 is 1.56 bits per heavy atom. The highest BCUT2D eigenvalue weighted by Crippen LogP contribution is 2.28. The van der Waals surface area contributed by atoms with Gasteiger partial charge in [0.2, 0.25) is 0 Å². The lowest BCUT2D eigenvalue weighted by Crippen LogP contribution is -2.17. The maximum atomic E-state index is 5.96. The summed E-state index contributed by atoms with van der Waals surface area (Å²) in [5.74, 6) is 1.54. The van der Waals surface area contributed by atoms with E-state index in [1.165, 1.54) is 6.42 Å². The van der Waals surface area contributed by atoms with Crippen LogP contribution in [0.5, 0.6) is 5.75 Å². The third-order valence-corrected chi connectivity index (χ3v) is 3.14. The van der Waals surface area contributed by atoms with Crippen LogP contribution in [0.2, 0.25) is 5.02 Å². The Morgan fingerprint density at radius 2 is 2.44 bits per heavy atom. The van der Waals surface area contributed by atoms with Gasteiger partial charge in [-0.3, -0.25) is 0 Å². The number of nitrogens with one attached hydrogen (secondary N) is 2. The summed E-state index contributed by atoms with van der Waals surface area (Å²) >= 11 is 5.96. The number of benzene rings is 1. The Kier molecular flexibility index (Phi) is 3.91. The zero-order valence-corrected chi connectivity index (χ0v) is 10.2. The predicted molar refractivity (Wildman–Crippen MR) is 67.5 cm³/mol. The van der Waals surface area contributed by atoms with Gasteiger partial charge in [0.25, 0.3) is 0 Å². The van der Waals surface area contributed by atoms with Crippen molar-refractivity contribution in [2.24, 2.45) is 5.92 Å². The van der Waals surface area contributed by atoms with Crippen LogP contribution in [0.4, 0.5) is 5.69 Å². The van der Waals surface area contributed by atoms with E-state index in [2.05, 4.69) is 10.6 Å². The van der Waals surface area contributed by atoms with Crippen LogP contribution in [0.15, 0.2) is 18.2 Å². The highest BCUT2D eigenvalue weighted by atomic mass is 35.5. The Labute approximate surface area is 101 Å². The van der Waals surface area contributed by atoms with Crippen LogP contribution in [0.1, 0.15) is 6.42 Å². The van der Waals surface area contributed by atoms with Gasteiger partial charge < -0.3 is 15.4 Å². The van der Waals surface area contributed by atoms with Gasteiger partial charge in [-0.25, -0.2) is 0 Å². The van der Waals surface area contributed by atoms with Gasteiger partial charge in [0.05, 0.1) is 12.8 Å². The second-order valence-electron chi connectivity index (χ2n) is 4.08. The molecule has 1 atom stereocenters. The van der Waals surface area contributed by atoms with E-state index in [0.29, 0.717) is 5.92 Å². The molecule has 4 heteroatoms. The Morgan fingerprint density at radius 3 is 3.12 bits per heavy atom. The van der Waals surface area contributed by atoms with E-state index in [0.717, 1.165) is 36.1 Å². The van der Waals surface area contributed by atoms with Crippen LogP contribution < -0.4 is 15.4 Å². The normalized spacial score (nSPS) is 19.8. The number of hydrogen-bond acceptors (Lipinski definition) is 3. The molecule has 1 aliphatic heterocycles. The molecule has 3 nitrogen and oxygen atoms in total. The van der Waals surface area contributed by atoms with E-state index < -0.39 is 0 Å². The van der Waals surface area contributed by atoms with Crippen LogP contribution in [0.3, 0.4) is 0 Å². The first-order chi connectivity index (χ1) is 7.79. The standard InChI is InChI=1S/C12H17ClN2O/c1-16-12-3-2-10(13)6-11(12)15-8-9-4-5-14-7-9/h2-3,6,9,14-15H,4-5,7-8H2,1H3. The van der Waals surface area contributed by atoms with Crippen molar-refractivity contribution in [2.75, 3.05) is 32.1 Å². The summed E-state index contributed by atoms with van der Waals surface area (Å²) in [5, 5.41) is 7.48. The van der Waals surface area contributed by atoms with E-state index in [1.54, 1.807) is 7.11 Å². The molecule has 1 aromatic rings. The maximum absolute atomic E-state index is 5.96. The molecule has 1 unspecified atom stereocenters.